The van der Waals surface area contributed by atoms with Gasteiger partial charge in [-0.25, -0.2) is 0 Å². The molecule has 0 spiro atoms. The average Bonchev–Trinajstić information content (AvgIpc) is 2.37. The number of benzene rings is 1. The van der Waals surface area contributed by atoms with Crippen LogP contribution in [-0.4, -0.2) is 37.1 Å². The third-order valence-corrected chi connectivity index (χ3v) is 2.43. The first-order chi connectivity index (χ1) is 8.49. The lowest BCUT2D eigenvalue weighted by Gasteiger charge is -2.12. The zero-order valence-corrected chi connectivity index (χ0v) is 10.5. The Morgan fingerprint density at radius 2 is 2.06 bits per heavy atom. The van der Waals surface area contributed by atoms with Crippen molar-refractivity contribution in [2.24, 2.45) is 0 Å². The highest BCUT2D eigenvalue weighted by Crippen LogP contribution is 2.26. The van der Waals surface area contributed by atoms with Gasteiger partial charge in [0.15, 0.2) is 11.5 Å². The molecule has 1 aromatic rings. The fourth-order valence-electron chi connectivity index (χ4n) is 1.39. The summed E-state index contributed by atoms with van der Waals surface area (Å²) in [5, 5.41) is 14.5. The number of nitrogens with one attached hydrogen (secondary N) is 2. The molecule has 0 saturated carbocycles. The van der Waals surface area contributed by atoms with E-state index in [2.05, 4.69) is 10.6 Å². The molecule has 1 rings (SSSR count). The van der Waals surface area contributed by atoms with E-state index in [9.17, 15) is 14.7 Å². The number of phenols is 1. The van der Waals surface area contributed by atoms with Crippen LogP contribution in [0.25, 0.3) is 0 Å². The van der Waals surface area contributed by atoms with E-state index in [1.54, 1.807) is 6.92 Å². The van der Waals surface area contributed by atoms with Gasteiger partial charge in [0.1, 0.15) is 6.04 Å². The molecule has 0 aliphatic rings. The molecule has 0 aromatic heterocycles. The Labute approximate surface area is 105 Å². The maximum Gasteiger partial charge on any atom is 0.252 e. The number of methoxy groups -OCH3 is 1. The van der Waals surface area contributed by atoms with Crippen LogP contribution in [0.1, 0.15) is 17.3 Å². The van der Waals surface area contributed by atoms with E-state index in [0.29, 0.717) is 0 Å². The second-order valence-corrected chi connectivity index (χ2v) is 3.70. The number of amides is 2. The van der Waals surface area contributed by atoms with Crippen LogP contribution in [0.2, 0.25) is 0 Å². The van der Waals surface area contributed by atoms with Crippen molar-refractivity contribution in [3.05, 3.63) is 23.8 Å². The van der Waals surface area contributed by atoms with Gasteiger partial charge in [-0.05, 0) is 25.1 Å². The minimum atomic E-state index is -0.647. The van der Waals surface area contributed by atoms with Crippen LogP contribution in [0.5, 0.6) is 11.5 Å². The molecule has 0 heterocycles. The quantitative estimate of drug-likeness (QED) is 0.717. The maximum absolute atomic E-state index is 11.8. The maximum atomic E-state index is 11.8. The van der Waals surface area contributed by atoms with Crippen molar-refractivity contribution < 1.29 is 19.4 Å². The summed E-state index contributed by atoms with van der Waals surface area (Å²) >= 11 is 0. The summed E-state index contributed by atoms with van der Waals surface area (Å²) < 4.78 is 4.87. The topological polar surface area (TPSA) is 87.7 Å². The lowest BCUT2D eigenvalue weighted by molar-refractivity contribution is -0.122. The van der Waals surface area contributed by atoms with Crippen LogP contribution >= 0.6 is 0 Å². The van der Waals surface area contributed by atoms with E-state index in [-0.39, 0.29) is 23.0 Å². The van der Waals surface area contributed by atoms with Crippen molar-refractivity contribution in [2.45, 2.75) is 13.0 Å². The van der Waals surface area contributed by atoms with Crippen LogP contribution < -0.4 is 15.4 Å². The third-order valence-electron chi connectivity index (χ3n) is 2.43. The number of phenolic OH excluding ortho intramolecular Hbond substituents is 1. The van der Waals surface area contributed by atoms with E-state index in [0.717, 1.165) is 0 Å². The molecule has 0 aliphatic carbocycles. The first-order valence-electron chi connectivity index (χ1n) is 5.39. The normalized spacial score (nSPS) is 11.5. The lowest BCUT2D eigenvalue weighted by Crippen LogP contribution is -2.43. The minimum absolute atomic E-state index is 0.127. The van der Waals surface area contributed by atoms with Crippen LogP contribution in [0, 0.1) is 0 Å². The third kappa shape index (κ3) is 3.13. The number of hydrogen-bond acceptors (Lipinski definition) is 4. The number of ether oxygens (including phenoxy) is 1. The number of aromatic hydroxyl groups is 1. The van der Waals surface area contributed by atoms with Crippen molar-refractivity contribution in [3.8, 4) is 11.5 Å². The van der Waals surface area contributed by atoms with E-state index in [1.807, 2.05) is 0 Å². The van der Waals surface area contributed by atoms with E-state index in [1.165, 1.54) is 32.4 Å². The van der Waals surface area contributed by atoms with Crippen molar-refractivity contribution in [1.82, 2.24) is 10.6 Å². The average molecular weight is 252 g/mol. The van der Waals surface area contributed by atoms with Gasteiger partial charge in [0, 0.05) is 12.6 Å². The molecule has 0 saturated heterocycles. The molecule has 0 aliphatic heterocycles. The van der Waals surface area contributed by atoms with Crippen LogP contribution in [-0.2, 0) is 4.79 Å². The summed E-state index contributed by atoms with van der Waals surface area (Å²) in [6, 6.07) is 3.62. The van der Waals surface area contributed by atoms with Gasteiger partial charge in [-0.1, -0.05) is 0 Å². The molecule has 3 N–H and O–H groups in total. The molecule has 1 atom stereocenters. The first kappa shape index (κ1) is 13.8. The Hall–Kier alpha value is -2.24. The van der Waals surface area contributed by atoms with Gasteiger partial charge in [0.2, 0.25) is 5.91 Å². The standard InChI is InChI=1S/C12H16N2O4/c1-7(11(16)13-2)14-12(17)8-4-5-10(18-3)9(15)6-8/h4-7,15H,1-3H3,(H,13,16)(H,14,17). The molecule has 0 fully saturated rings. The largest absolute Gasteiger partial charge is 0.504 e. The number of carbonyl (C=O) groups excluding carboxylic acids is 2. The lowest BCUT2D eigenvalue weighted by atomic mass is 10.1. The van der Waals surface area contributed by atoms with Gasteiger partial charge in [0.05, 0.1) is 7.11 Å². The highest BCUT2D eigenvalue weighted by molar-refractivity contribution is 5.97. The smallest absolute Gasteiger partial charge is 0.252 e. The van der Waals surface area contributed by atoms with E-state index < -0.39 is 11.9 Å². The molecule has 1 aromatic carbocycles. The summed E-state index contributed by atoms with van der Waals surface area (Å²) in [6.07, 6.45) is 0. The molecule has 1 unspecified atom stereocenters. The van der Waals surface area contributed by atoms with Gasteiger partial charge in [-0.3, -0.25) is 9.59 Å². The van der Waals surface area contributed by atoms with Gasteiger partial charge < -0.3 is 20.5 Å². The Morgan fingerprint density at radius 1 is 1.39 bits per heavy atom. The number of likely N-dealkylation sites (N-methyl/N-ethyl adjacent to an activating group) is 1. The minimum Gasteiger partial charge on any atom is -0.504 e. The van der Waals surface area contributed by atoms with E-state index >= 15 is 0 Å². The first-order valence-corrected chi connectivity index (χ1v) is 5.39. The van der Waals surface area contributed by atoms with Crippen LogP contribution in [0.3, 0.4) is 0 Å². The number of carbonyl (C=O) groups is 2. The Bertz CT molecular complexity index is 459. The van der Waals surface area contributed by atoms with Gasteiger partial charge >= 0.3 is 0 Å². The molecule has 6 nitrogen and oxygen atoms in total. The second kappa shape index (κ2) is 5.90. The summed E-state index contributed by atoms with van der Waals surface area (Å²) in [6.45, 7) is 1.57. The summed E-state index contributed by atoms with van der Waals surface area (Å²) in [7, 11) is 2.91. The van der Waals surface area contributed by atoms with Gasteiger partial charge in [0.25, 0.3) is 5.91 Å². The molecular formula is C12H16N2O4. The SMILES string of the molecule is CNC(=O)C(C)NC(=O)c1ccc(OC)c(O)c1. The molecule has 0 bridgehead atoms. The second-order valence-electron chi connectivity index (χ2n) is 3.70. The van der Waals surface area contributed by atoms with Gasteiger partial charge in [-0.2, -0.15) is 0 Å². The summed E-state index contributed by atoms with van der Waals surface area (Å²) in [5.74, 6) is -0.575. The summed E-state index contributed by atoms with van der Waals surface area (Å²) in [4.78, 5) is 23.0. The number of rotatable bonds is 4. The molecule has 6 heteroatoms. The van der Waals surface area contributed by atoms with Crippen LogP contribution in [0.4, 0.5) is 0 Å². The van der Waals surface area contributed by atoms with Crippen molar-refractivity contribution in [2.75, 3.05) is 14.2 Å². The Kier molecular flexibility index (Phi) is 4.53. The zero-order chi connectivity index (χ0) is 13.7. The monoisotopic (exact) mass is 252 g/mol. The Morgan fingerprint density at radius 3 is 2.56 bits per heavy atom. The molecule has 98 valence electrons. The number of hydrogen-bond donors (Lipinski definition) is 3. The van der Waals surface area contributed by atoms with Crippen molar-refractivity contribution in [1.29, 1.82) is 0 Å². The predicted molar refractivity (Wildman–Crippen MR) is 65.7 cm³/mol. The molecule has 2 amide bonds. The van der Waals surface area contributed by atoms with E-state index in [4.69, 9.17) is 4.74 Å². The van der Waals surface area contributed by atoms with Crippen LogP contribution in [0.15, 0.2) is 18.2 Å². The van der Waals surface area contributed by atoms with Crippen molar-refractivity contribution >= 4 is 11.8 Å². The molecule has 18 heavy (non-hydrogen) atoms. The fraction of sp³-hybridized carbons (Fsp3) is 0.333. The predicted octanol–water partition coefficient (Wildman–Crippen LogP) is 0.265. The molecule has 0 radical (unpaired) electrons. The van der Waals surface area contributed by atoms with Crippen molar-refractivity contribution in [3.63, 3.8) is 0 Å². The highest BCUT2D eigenvalue weighted by atomic mass is 16.5. The Balaban J connectivity index is 2.79. The molecular weight excluding hydrogens is 236 g/mol. The summed E-state index contributed by atoms with van der Waals surface area (Å²) in [5.41, 5.74) is 0.254. The highest BCUT2D eigenvalue weighted by Gasteiger charge is 2.16. The zero-order valence-electron chi connectivity index (χ0n) is 10.5. The fourth-order valence-corrected chi connectivity index (χ4v) is 1.39. The van der Waals surface area contributed by atoms with Gasteiger partial charge in [-0.15, -0.1) is 0 Å².